The van der Waals surface area contributed by atoms with Gasteiger partial charge in [0.2, 0.25) is 11.8 Å². The number of carbonyl (C=O) groups is 4. The quantitative estimate of drug-likeness (QED) is 0.243. The number of nitrogens with one attached hydrogen (secondary N) is 3. The third kappa shape index (κ3) is 7.89. The molecule has 4 heterocycles. The van der Waals surface area contributed by atoms with Crippen LogP contribution in [0.3, 0.4) is 0 Å². The number of nitrogens with zero attached hydrogens (tertiary/aromatic N) is 6. The summed E-state index contributed by atoms with van der Waals surface area (Å²) in [5.41, 5.74) is 1.60. The van der Waals surface area contributed by atoms with Crippen LogP contribution in [0.25, 0.3) is 5.69 Å². The van der Waals surface area contributed by atoms with Crippen LogP contribution in [-0.2, 0) is 17.8 Å². The number of para-hydroxylation sites is 1. The van der Waals surface area contributed by atoms with Gasteiger partial charge < -0.3 is 29.8 Å². The van der Waals surface area contributed by atoms with E-state index in [9.17, 15) is 19.2 Å². The number of amides is 4. The van der Waals surface area contributed by atoms with Crippen molar-refractivity contribution in [1.29, 1.82) is 0 Å². The Morgan fingerprint density at radius 1 is 0.980 bits per heavy atom. The highest BCUT2D eigenvalue weighted by atomic mass is 16.5. The van der Waals surface area contributed by atoms with E-state index in [1.807, 2.05) is 44.2 Å². The van der Waals surface area contributed by atoms with E-state index in [2.05, 4.69) is 36.2 Å². The molecule has 15 nitrogen and oxygen atoms in total. The van der Waals surface area contributed by atoms with Crippen LogP contribution in [-0.4, -0.2) is 72.6 Å². The number of benzene rings is 2. The maximum atomic E-state index is 14.1. The van der Waals surface area contributed by atoms with E-state index in [1.165, 1.54) is 34.6 Å². The van der Waals surface area contributed by atoms with Crippen LogP contribution in [0.15, 0.2) is 88.5 Å². The van der Waals surface area contributed by atoms with Gasteiger partial charge in [-0.3, -0.25) is 19.2 Å². The van der Waals surface area contributed by atoms with Gasteiger partial charge >= 0.3 is 0 Å². The summed E-state index contributed by atoms with van der Waals surface area (Å²) in [5.74, 6) is -1.51. The zero-order valence-electron chi connectivity index (χ0n) is 26.9. The van der Waals surface area contributed by atoms with Crippen molar-refractivity contribution < 1.29 is 28.1 Å². The van der Waals surface area contributed by atoms with E-state index in [0.717, 1.165) is 5.56 Å². The molecule has 6 rings (SSSR count). The van der Waals surface area contributed by atoms with Crippen LogP contribution < -0.4 is 16.0 Å². The van der Waals surface area contributed by atoms with Crippen molar-refractivity contribution in [2.24, 2.45) is 5.92 Å². The van der Waals surface area contributed by atoms with Crippen molar-refractivity contribution in [2.45, 2.75) is 45.3 Å². The first-order valence-electron chi connectivity index (χ1n) is 15.8. The van der Waals surface area contributed by atoms with Gasteiger partial charge in [-0.2, -0.15) is 5.10 Å². The highest BCUT2D eigenvalue weighted by Crippen LogP contribution is 2.23. The minimum atomic E-state index is -0.978. The Morgan fingerprint density at radius 3 is 2.51 bits per heavy atom. The predicted octanol–water partition coefficient (Wildman–Crippen LogP) is 2.87. The average molecular weight is 666 g/mol. The summed E-state index contributed by atoms with van der Waals surface area (Å²) in [6.45, 7) is 3.96. The van der Waals surface area contributed by atoms with Crippen LogP contribution in [0.4, 0.5) is 0 Å². The summed E-state index contributed by atoms with van der Waals surface area (Å²) < 4.78 is 12.7. The SMILES string of the molecule is CC(C)C[C@H]1NC(=O)c2cc(on2)CN(C(=O)c2ccccc2-n2cncn2)CCNC(=O)[C@H](Cc2ccccc2)NC(=O)c2coc1n2. The molecule has 1 aliphatic rings. The fraction of sp³-hybridized carbons (Fsp3) is 0.294. The second-order valence-corrected chi connectivity index (χ2v) is 12.0. The van der Waals surface area contributed by atoms with Gasteiger partial charge in [0.25, 0.3) is 17.7 Å². The van der Waals surface area contributed by atoms with Gasteiger partial charge in [-0.1, -0.05) is 61.5 Å². The van der Waals surface area contributed by atoms with Crippen LogP contribution >= 0.6 is 0 Å². The van der Waals surface area contributed by atoms with Crippen molar-refractivity contribution in [1.82, 2.24) is 45.8 Å². The first-order valence-corrected chi connectivity index (χ1v) is 15.8. The third-order valence-electron chi connectivity index (χ3n) is 7.88. The minimum Gasteiger partial charge on any atom is -0.446 e. The summed E-state index contributed by atoms with van der Waals surface area (Å²) in [6, 6.07) is 16.0. The molecule has 2 aromatic carbocycles. The average Bonchev–Trinajstić information content (AvgIpc) is 3.90. The Balaban J connectivity index is 1.33. The van der Waals surface area contributed by atoms with Gasteiger partial charge in [0.05, 0.1) is 17.8 Å². The second-order valence-electron chi connectivity index (χ2n) is 12.0. The molecule has 2 atom stereocenters. The topological polar surface area (TPSA) is 190 Å². The smallest absolute Gasteiger partial charge is 0.274 e. The van der Waals surface area contributed by atoms with Crippen molar-refractivity contribution in [2.75, 3.05) is 13.1 Å². The number of hydrogen-bond donors (Lipinski definition) is 3. The number of rotatable bonds is 6. The Morgan fingerprint density at radius 2 is 1.73 bits per heavy atom. The molecule has 4 bridgehead atoms. The summed E-state index contributed by atoms with van der Waals surface area (Å²) in [6.07, 6.45) is 4.70. The van der Waals surface area contributed by atoms with E-state index in [1.54, 1.807) is 24.3 Å². The van der Waals surface area contributed by atoms with E-state index >= 15 is 0 Å². The monoisotopic (exact) mass is 665 g/mol. The number of carbonyl (C=O) groups excluding carboxylic acids is 4. The molecule has 49 heavy (non-hydrogen) atoms. The lowest BCUT2D eigenvalue weighted by Crippen LogP contribution is -2.49. The zero-order valence-corrected chi connectivity index (χ0v) is 26.9. The van der Waals surface area contributed by atoms with Crippen molar-refractivity contribution in [3.05, 3.63) is 114 Å². The van der Waals surface area contributed by atoms with E-state index in [0.29, 0.717) is 17.7 Å². The molecule has 1 aliphatic heterocycles. The second kappa shape index (κ2) is 14.8. The Kier molecular flexibility index (Phi) is 9.88. The minimum absolute atomic E-state index is 0.0122. The van der Waals surface area contributed by atoms with Crippen LogP contribution in [0.1, 0.15) is 74.9 Å². The molecular weight excluding hydrogens is 630 g/mol. The summed E-state index contributed by atoms with van der Waals surface area (Å²) in [7, 11) is 0. The van der Waals surface area contributed by atoms with E-state index in [4.69, 9.17) is 8.94 Å². The van der Waals surface area contributed by atoms with Crippen LogP contribution in [0.5, 0.6) is 0 Å². The molecule has 15 heteroatoms. The van der Waals surface area contributed by atoms with Crippen LogP contribution in [0, 0.1) is 5.92 Å². The van der Waals surface area contributed by atoms with E-state index in [-0.39, 0.29) is 60.9 Å². The maximum Gasteiger partial charge on any atom is 0.274 e. The Hall–Kier alpha value is -6.12. The lowest BCUT2D eigenvalue weighted by molar-refractivity contribution is -0.123. The molecule has 0 saturated heterocycles. The molecule has 0 saturated carbocycles. The molecule has 4 amide bonds. The molecule has 0 radical (unpaired) electrons. The number of aromatic nitrogens is 5. The molecule has 5 aromatic rings. The maximum absolute atomic E-state index is 14.1. The normalized spacial score (nSPS) is 17.5. The lowest BCUT2D eigenvalue weighted by Gasteiger charge is -2.24. The van der Waals surface area contributed by atoms with Crippen molar-refractivity contribution in [3.63, 3.8) is 0 Å². The van der Waals surface area contributed by atoms with Crippen molar-refractivity contribution in [3.8, 4) is 5.69 Å². The Bertz CT molecular complexity index is 1920. The summed E-state index contributed by atoms with van der Waals surface area (Å²) >= 11 is 0. The molecule has 0 aliphatic carbocycles. The predicted molar refractivity (Wildman–Crippen MR) is 173 cm³/mol. The highest BCUT2D eigenvalue weighted by molar-refractivity contribution is 5.98. The molecular formula is C34H35N9O6. The molecule has 0 fully saturated rings. The van der Waals surface area contributed by atoms with Gasteiger partial charge in [-0.15, -0.1) is 0 Å². The third-order valence-corrected chi connectivity index (χ3v) is 7.88. The Labute approximate surface area is 281 Å². The molecule has 0 unspecified atom stereocenters. The molecule has 3 aromatic heterocycles. The van der Waals surface area contributed by atoms with Gasteiger partial charge in [0.15, 0.2) is 17.1 Å². The van der Waals surface area contributed by atoms with Gasteiger partial charge in [-0.25, -0.2) is 14.6 Å². The largest absolute Gasteiger partial charge is 0.446 e. The first kappa shape index (κ1) is 32.8. The van der Waals surface area contributed by atoms with Gasteiger partial charge in [-0.05, 0) is 30.0 Å². The molecule has 0 spiro atoms. The number of hydrogen-bond acceptors (Lipinski definition) is 10. The summed E-state index contributed by atoms with van der Waals surface area (Å²) in [5, 5.41) is 16.7. The first-order chi connectivity index (χ1) is 23.7. The number of oxazole rings is 1. The highest BCUT2D eigenvalue weighted by Gasteiger charge is 2.29. The van der Waals surface area contributed by atoms with Crippen LogP contribution in [0.2, 0.25) is 0 Å². The fourth-order valence-corrected chi connectivity index (χ4v) is 5.50. The fourth-order valence-electron chi connectivity index (χ4n) is 5.50. The number of fused-ring (bicyclic) bond motifs is 4. The van der Waals surface area contributed by atoms with Crippen molar-refractivity contribution >= 4 is 23.6 Å². The molecule has 3 N–H and O–H groups in total. The van der Waals surface area contributed by atoms with E-state index < -0.39 is 29.8 Å². The van der Waals surface area contributed by atoms with Gasteiger partial charge in [0, 0.05) is 25.6 Å². The zero-order chi connectivity index (χ0) is 34.3. The summed E-state index contributed by atoms with van der Waals surface area (Å²) in [4.78, 5) is 64.3. The van der Waals surface area contributed by atoms with Gasteiger partial charge in [0.1, 0.15) is 31.0 Å². The lowest BCUT2D eigenvalue weighted by atomic mass is 10.0. The standard InChI is InChI=1S/C34H35N9O6/c1-21(2)14-27-33-40-28(18-48-33)32(46)38-25(15-22-8-4-3-5-9-22)30(44)36-12-13-42(17-23-16-26(41-49-23)31(45)39-27)34(47)24-10-6-7-11-29(24)43-20-35-19-37-43/h3-11,16,18-21,25,27H,12-15,17H2,1-2H3,(H,36,44)(H,38,46)(H,39,45)/t25-,27+/m0/s1. The molecule has 252 valence electrons.